The van der Waals surface area contributed by atoms with Gasteiger partial charge in [-0.25, -0.2) is 21.6 Å². The Kier molecular flexibility index (Phi) is 8.66. The Labute approximate surface area is 238 Å². The molecule has 4 rings (SSSR count). The van der Waals surface area contributed by atoms with Crippen LogP contribution in [0.5, 0.6) is 0 Å². The summed E-state index contributed by atoms with van der Waals surface area (Å²) in [6, 6.07) is 17.9. The quantitative estimate of drug-likeness (QED) is 0.221. The smallest absolute Gasteiger partial charge is 0.303 e. The molecule has 3 aromatic carbocycles. The van der Waals surface area contributed by atoms with Gasteiger partial charge < -0.3 is 14.8 Å². The van der Waals surface area contributed by atoms with Crippen molar-refractivity contribution in [1.82, 2.24) is 4.72 Å². The molecular formula is C29H30N2O8S2. The molecule has 0 bridgehead atoms. The lowest BCUT2D eigenvalue weighted by atomic mass is 10.1. The third kappa shape index (κ3) is 6.67. The number of hydrogen-bond acceptors (Lipinski definition) is 7. The van der Waals surface area contributed by atoms with E-state index < -0.39 is 31.7 Å². The first kappa shape index (κ1) is 30.0. The van der Waals surface area contributed by atoms with Gasteiger partial charge in [0.1, 0.15) is 5.58 Å². The average molecular weight is 599 g/mol. The van der Waals surface area contributed by atoms with Crippen LogP contribution in [0.4, 0.5) is 5.69 Å². The maximum Gasteiger partial charge on any atom is 0.303 e. The fourth-order valence-corrected chi connectivity index (χ4v) is 6.69. The van der Waals surface area contributed by atoms with Crippen LogP contribution in [-0.2, 0) is 24.7 Å². The molecule has 0 saturated heterocycles. The highest BCUT2D eigenvalue weighted by molar-refractivity contribution is 7.91. The average Bonchev–Trinajstić information content (AvgIpc) is 3.28. The van der Waals surface area contributed by atoms with Gasteiger partial charge in [-0.05, 0) is 60.4 Å². The van der Waals surface area contributed by atoms with E-state index in [9.17, 15) is 26.4 Å². The van der Waals surface area contributed by atoms with Crippen molar-refractivity contribution in [2.75, 3.05) is 17.6 Å². The highest BCUT2D eigenvalue weighted by Gasteiger charge is 2.24. The van der Waals surface area contributed by atoms with Crippen molar-refractivity contribution in [1.29, 1.82) is 0 Å². The summed E-state index contributed by atoms with van der Waals surface area (Å²) in [5.74, 6) is -1.93. The molecule has 0 aliphatic carbocycles. The van der Waals surface area contributed by atoms with Crippen molar-refractivity contribution < 1.29 is 35.9 Å². The van der Waals surface area contributed by atoms with Gasteiger partial charge in [0.05, 0.1) is 15.5 Å². The number of anilines is 1. The number of fused-ring (bicyclic) bond motifs is 1. The predicted molar refractivity (Wildman–Crippen MR) is 155 cm³/mol. The second-order valence-corrected chi connectivity index (χ2v) is 13.7. The van der Waals surface area contributed by atoms with Crippen LogP contribution in [-0.4, -0.2) is 46.1 Å². The van der Waals surface area contributed by atoms with Crippen LogP contribution >= 0.6 is 0 Å². The molecule has 0 aliphatic heterocycles. The number of benzene rings is 3. The third-order valence-electron chi connectivity index (χ3n) is 6.62. The number of carbonyl (C=O) groups excluding carboxylic acids is 1. The Morgan fingerprint density at radius 1 is 0.927 bits per heavy atom. The van der Waals surface area contributed by atoms with Crippen LogP contribution in [0, 0.1) is 12.8 Å². The van der Waals surface area contributed by atoms with Gasteiger partial charge in [-0.2, -0.15) is 0 Å². The Morgan fingerprint density at radius 2 is 1.54 bits per heavy atom. The summed E-state index contributed by atoms with van der Waals surface area (Å²) < 4.78 is 58.4. The molecule has 216 valence electrons. The second kappa shape index (κ2) is 11.9. The molecule has 0 radical (unpaired) electrons. The van der Waals surface area contributed by atoms with Gasteiger partial charge in [0.15, 0.2) is 15.6 Å². The highest BCUT2D eigenvalue weighted by Crippen LogP contribution is 2.32. The van der Waals surface area contributed by atoms with E-state index in [1.165, 1.54) is 18.2 Å². The number of aliphatic carboxylic acids is 1. The van der Waals surface area contributed by atoms with Crippen LogP contribution in [0.25, 0.3) is 22.1 Å². The number of carboxylic acids is 1. The van der Waals surface area contributed by atoms with Crippen molar-refractivity contribution in [3.63, 3.8) is 0 Å². The number of aryl methyl sites for hydroxylation is 1. The fourth-order valence-electron chi connectivity index (χ4n) is 4.36. The first-order chi connectivity index (χ1) is 19.3. The lowest BCUT2D eigenvalue weighted by molar-refractivity contribution is -0.137. The SMILES string of the molecule is CCS(=O)(=O)c1cccc2oc(C(=O)Nc3ccc(-c4ccc(S(=O)(=O)NCC(C)CC(=O)O)cc4)cc3)c(C)c12. The molecule has 12 heteroatoms. The van der Waals surface area contributed by atoms with Crippen LogP contribution in [0.2, 0.25) is 0 Å². The lowest BCUT2D eigenvalue weighted by Gasteiger charge is -2.11. The van der Waals surface area contributed by atoms with Gasteiger partial charge in [0, 0.05) is 29.6 Å². The summed E-state index contributed by atoms with van der Waals surface area (Å²) in [6.45, 7) is 4.87. The monoisotopic (exact) mass is 598 g/mol. The van der Waals surface area contributed by atoms with Crippen molar-refractivity contribution in [3.8, 4) is 11.1 Å². The van der Waals surface area contributed by atoms with Gasteiger partial charge in [0.25, 0.3) is 5.91 Å². The number of sulfonamides is 1. The summed E-state index contributed by atoms with van der Waals surface area (Å²) in [7, 11) is -7.31. The number of carboxylic acid groups (broad SMARTS) is 1. The van der Waals surface area contributed by atoms with E-state index in [4.69, 9.17) is 9.52 Å². The van der Waals surface area contributed by atoms with Crippen molar-refractivity contribution in [2.24, 2.45) is 5.92 Å². The zero-order valence-electron chi connectivity index (χ0n) is 22.7. The number of sulfone groups is 1. The minimum Gasteiger partial charge on any atom is -0.481 e. The van der Waals surface area contributed by atoms with E-state index in [0.717, 1.165) is 11.1 Å². The molecule has 0 fully saturated rings. The van der Waals surface area contributed by atoms with Gasteiger partial charge in [-0.3, -0.25) is 9.59 Å². The van der Waals surface area contributed by atoms with Crippen LogP contribution < -0.4 is 10.0 Å². The first-order valence-electron chi connectivity index (χ1n) is 12.8. The number of rotatable bonds is 11. The normalized spacial score (nSPS) is 12.8. The van der Waals surface area contributed by atoms with Crippen LogP contribution in [0.3, 0.4) is 0 Å². The zero-order valence-corrected chi connectivity index (χ0v) is 24.3. The summed E-state index contributed by atoms with van der Waals surface area (Å²) in [5.41, 5.74) is 2.76. The molecule has 41 heavy (non-hydrogen) atoms. The Hall–Kier alpha value is -4.00. The molecule has 0 spiro atoms. The molecule has 0 saturated carbocycles. The van der Waals surface area contributed by atoms with Gasteiger partial charge in [0.2, 0.25) is 10.0 Å². The topological polar surface area (TPSA) is 160 Å². The van der Waals surface area contributed by atoms with E-state index >= 15 is 0 Å². The molecule has 10 nitrogen and oxygen atoms in total. The predicted octanol–water partition coefficient (Wildman–Crippen LogP) is 4.84. The number of amides is 1. The molecule has 4 aromatic rings. The lowest BCUT2D eigenvalue weighted by Crippen LogP contribution is -2.29. The van der Waals surface area contributed by atoms with Gasteiger partial charge in [-0.15, -0.1) is 0 Å². The second-order valence-electron chi connectivity index (χ2n) is 9.70. The minimum absolute atomic E-state index is 0.0100. The first-order valence-corrected chi connectivity index (χ1v) is 15.9. The minimum atomic E-state index is -3.80. The maximum atomic E-state index is 13.0. The van der Waals surface area contributed by atoms with E-state index in [0.29, 0.717) is 22.2 Å². The van der Waals surface area contributed by atoms with Crippen molar-refractivity contribution >= 4 is 48.4 Å². The number of carbonyl (C=O) groups is 2. The van der Waals surface area contributed by atoms with Crippen molar-refractivity contribution in [3.05, 3.63) is 78.1 Å². The van der Waals surface area contributed by atoms with E-state index in [1.807, 2.05) is 0 Å². The molecule has 1 unspecified atom stereocenters. The molecule has 1 amide bonds. The molecule has 3 N–H and O–H groups in total. The molecule has 1 heterocycles. The summed E-state index contributed by atoms with van der Waals surface area (Å²) in [5, 5.41) is 12.0. The standard InChI is InChI=1S/C29H30N2O8S2/c1-4-40(35,36)25-7-5-6-24-27(25)19(3)28(39-24)29(34)31-22-12-8-20(9-13-22)21-10-14-23(15-11-21)41(37,38)30-17-18(2)16-26(32)33/h5-15,18,30H,4,16-17H2,1-3H3,(H,31,34)(H,32,33). The zero-order chi connectivity index (χ0) is 29.9. The molecule has 1 aromatic heterocycles. The number of hydrogen-bond donors (Lipinski definition) is 3. The summed E-state index contributed by atoms with van der Waals surface area (Å²) >= 11 is 0. The van der Waals surface area contributed by atoms with Crippen LogP contribution in [0.15, 0.2) is 80.9 Å². The van der Waals surface area contributed by atoms with Crippen LogP contribution in [0.1, 0.15) is 36.4 Å². The summed E-state index contributed by atoms with van der Waals surface area (Å²) in [6.07, 6.45) is -0.139. The van der Waals surface area contributed by atoms with Crippen molar-refractivity contribution in [2.45, 2.75) is 37.0 Å². The Morgan fingerprint density at radius 3 is 2.12 bits per heavy atom. The summed E-state index contributed by atoms with van der Waals surface area (Å²) in [4.78, 5) is 24.0. The van der Waals surface area contributed by atoms with E-state index in [-0.39, 0.29) is 40.2 Å². The fraction of sp³-hybridized carbons (Fsp3) is 0.241. The largest absolute Gasteiger partial charge is 0.481 e. The molecular weight excluding hydrogens is 568 g/mol. The Balaban J connectivity index is 1.47. The number of nitrogens with one attached hydrogen (secondary N) is 2. The van der Waals surface area contributed by atoms with Gasteiger partial charge in [-0.1, -0.05) is 44.2 Å². The van der Waals surface area contributed by atoms with E-state index in [2.05, 4.69) is 10.0 Å². The Bertz CT molecular complexity index is 1810. The molecule has 1 atom stereocenters. The molecule has 0 aliphatic rings. The van der Waals surface area contributed by atoms with E-state index in [1.54, 1.807) is 69.3 Å². The van der Waals surface area contributed by atoms with Gasteiger partial charge >= 0.3 is 5.97 Å². The highest BCUT2D eigenvalue weighted by atomic mass is 32.2. The maximum absolute atomic E-state index is 13.0. The third-order valence-corrected chi connectivity index (χ3v) is 9.83. The number of furan rings is 1.